The van der Waals surface area contributed by atoms with Gasteiger partial charge < -0.3 is 21.1 Å². The van der Waals surface area contributed by atoms with Gasteiger partial charge in [0.2, 0.25) is 0 Å². The lowest BCUT2D eigenvalue weighted by molar-refractivity contribution is 0.0948. The van der Waals surface area contributed by atoms with Crippen molar-refractivity contribution < 1.29 is 22.3 Å². The molecule has 11 nitrogen and oxygen atoms in total. The molecule has 0 unspecified atom stereocenters. The second kappa shape index (κ2) is 11.3. The number of nitrogens with two attached hydrogens (primary N) is 1. The van der Waals surface area contributed by atoms with Gasteiger partial charge in [0.1, 0.15) is 22.9 Å². The quantitative estimate of drug-likeness (QED) is 0.216. The van der Waals surface area contributed by atoms with E-state index in [1.165, 1.54) is 55.9 Å². The summed E-state index contributed by atoms with van der Waals surface area (Å²) in [5.74, 6) is -1.25. The average Bonchev–Trinajstić information content (AvgIpc) is 3.57. The van der Waals surface area contributed by atoms with Gasteiger partial charge in [0.25, 0.3) is 21.7 Å². The Hall–Kier alpha value is -2.92. The molecule has 6 N–H and O–H groups in total. The molecule has 3 aromatic rings. The van der Waals surface area contributed by atoms with Gasteiger partial charge in [-0.3, -0.25) is 18.9 Å². The maximum absolute atomic E-state index is 14.8. The SMILES string of the molecule is CNS(=O)(=O)Nc1ccc(Oc2c(C(=O)N[C@H]3C[C@H]3N)c(Nc3ccc(I)cc3F)n(C)c(=O)c2C)c(Cl)c1. The topological polar surface area (TPSA) is 157 Å². The highest BCUT2D eigenvalue weighted by Crippen LogP contribution is 2.38. The Morgan fingerprint density at radius 1 is 1.26 bits per heavy atom. The van der Waals surface area contributed by atoms with Crippen LogP contribution in [0.3, 0.4) is 0 Å². The Balaban J connectivity index is 1.83. The lowest BCUT2D eigenvalue weighted by Gasteiger charge is -2.22. The van der Waals surface area contributed by atoms with E-state index in [9.17, 15) is 22.4 Å². The number of halogens is 3. The number of carbonyl (C=O) groups excluding carboxylic acids is 1. The third-order valence-corrected chi connectivity index (χ3v) is 8.01. The number of hydrogen-bond acceptors (Lipinski definition) is 7. The molecule has 2 aromatic carbocycles. The van der Waals surface area contributed by atoms with Crippen molar-refractivity contribution in [2.24, 2.45) is 12.8 Å². The first kappa shape index (κ1) is 29.1. The molecule has 0 aliphatic heterocycles. The molecule has 1 aliphatic carbocycles. The molecule has 1 heterocycles. The van der Waals surface area contributed by atoms with Crippen LogP contribution in [0.2, 0.25) is 5.02 Å². The highest BCUT2D eigenvalue weighted by atomic mass is 127. The average molecular weight is 691 g/mol. The standard InChI is InChI=1S/C24H25ClFIN6O5S/c1-11-21(38-19-7-5-13(9-14(19)25)32-39(36,37)29-2)20(23(34)31-18-10-16(18)28)22(33(3)24(11)35)30-17-6-4-12(27)8-15(17)26/h4-9,16,18,29-30,32H,10,28H2,1-3H3,(H,31,34)/t16-,18+/m1/s1. The van der Waals surface area contributed by atoms with Crippen molar-refractivity contribution in [3.8, 4) is 11.5 Å². The number of pyridine rings is 1. The summed E-state index contributed by atoms with van der Waals surface area (Å²) in [7, 11) is -1.10. The summed E-state index contributed by atoms with van der Waals surface area (Å²) in [5, 5.41) is 5.68. The summed E-state index contributed by atoms with van der Waals surface area (Å²) in [4.78, 5) is 26.7. The number of benzene rings is 2. The van der Waals surface area contributed by atoms with Gasteiger partial charge in [0, 0.05) is 29.7 Å². The van der Waals surface area contributed by atoms with Gasteiger partial charge in [-0.05, 0) is 72.3 Å². The molecule has 1 amide bonds. The van der Waals surface area contributed by atoms with Gasteiger partial charge in [-0.1, -0.05) is 11.6 Å². The van der Waals surface area contributed by atoms with Gasteiger partial charge >= 0.3 is 0 Å². The summed E-state index contributed by atoms with van der Waals surface area (Å²) >= 11 is 8.35. The summed E-state index contributed by atoms with van der Waals surface area (Å²) in [5.41, 5.74) is 5.59. The predicted molar refractivity (Wildman–Crippen MR) is 156 cm³/mol. The van der Waals surface area contributed by atoms with E-state index in [-0.39, 0.29) is 56.9 Å². The molecule has 1 saturated carbocycles. The van der Waals surface area contributed by atoms with Crippen molar-refractivity contribution in [3.05, 3.63) is 72.3 Å². The summed E-state index contributed by atoms with van der Waals surface area (Å²) in [6.07, 6.45) is 0.580. The lowest BCUT2D eigenvalue weighted by Crippen LogP contribution is -2.33. The minimum absolute atomic E-state index is 0.000131. The first-order valence-electron chi connectivity index (χ1n) is 11.5. The van der Waals surface area contributed by atoms with E-state index in [0.29, 0.717) is 9.99 Å². The van der Waals surface area contributed by atoms with Gasteiger partial charge in [-0.2, -0.15) is 8.42 Å². The zero-order valence-corrected chi connectivity index (χ0v) is 24.7. The smallest absolute Gasteiger partial charge is 0.298 e. The van der Waals surface area contributed by atoms with E-state index in [4.69, 9.17) is 22.1 Å². The second-order valence-electron chi connectivity index (χ2n) is 8.83. The zero-order valence-electron chi connectivity index (χ0n) is 20.9. The predicted octanol–water partition coefficient (Wildman–Crippen LogP) is 3.33. The lowest BCUT2D eigenvalue weighted by atomic mass is 10.1. The number of rotatable bonds is 9. The van der Waals surface area contributed by atoms with Gasteiger partial charge in [-0.25, -0.2) is 9.11 Å². The Morgan fingerprint density at radius 2 is 1.95 bits per heavy atom. The fraction of sp³-hybridized carbons (Fsp3) is 0.250. The Bertz CT molecular complexity index is 1630. The van der Waals surface area contributed by atoms with E-state index in [1.807, 2.05) is 22.6 Å². The van der Waals surface area contributed by atoms with Crippen LogP contribution < -0.4 is 36.1 Å². The molecule has 0 bridgehead atoms. The molecule has 15 heteroatoms. The van der Waals surface area contributed by atoms with Crippen LogP contribution in [0.25, 0.3) is 0 Å². The molecule has 4 rings (SSSR count). The number of nitrogens with one attached hydrogen (secondary N) is 4. The first-order chi connectivity index (χ1) is 18.3. The van der Waals surface area contributed by atoms with Gasteiger partial charge in [0.15, 0.2) is 5.75 Å². The molecular weight excluding hydrogens is 666 g/mol. The van der Waals surface area contributed by atoms with Crippen molar-refractivity contribution in [2.75, 3.05) is 17.1 Å². The largest absolute Gasteiger partial charge is 0.454 e. The number of ether oxygens (including phenoxy) is 1. The van der Waals surface area contributed by atoms with Crippen LogP contribution in [0.15, 0.2) is 41.2 Å². The monoisotopic (exact) mass is 690 g/mol. The van der Waals surface area contributed by atoms with Crippen molar-refractivity contribution in [1.82, 2.24) is 14.6 Å². The molecular formula is C24H25ClFIN6O5S. The van der Waals surface area contributed by atoms with Crippen molar-refractivity contribution in [1.29, 1.82) is 0 Å². The maximum atomic E-state index is 14.8. The summed E-state index contributed by atoms with van der Waals surface area (Å²) in [6.45, 7) is 1.48. The van der Waals surface area contributed by atoms with Crippen molar-refractivity contribution >= 4 is 67.5 Å². The molecule has 208 valence electrons. The number of hydrogen-bond donors (Lipinski definition) is 5. The van der Waals surface area contributed by atoms with E-state index < -0.39 is 27.5 Å². The molecule has 1 fully saturated rings. The number of amides is 1. The Labute approximate surface area is 242 Å². The second-order valence-corrected chi connectivity index (χ2v) is 12.1. The number of anilines is 3. The molecule has 0 saturated heterocycles. The highest BCUT2D eigenvalue weighted by molar-refractivity contribution is 14.1. The normalized spacial score (nSPS) is 16.5. The van der Waals surface area contributed by atoms with E-state index in [2.05, 4.69) is 20.1 Å². The minimum Gasteiger partial charge on any atom is -0.454 e. The molecule has 0 spiro atoms. The zero-order chi connectivity index (χ0) is 28.6. The van der Waals surface area contributed by atoms with Crippen molar-refractivity contribution in [3.63, 3.8) is 0 Å². The van der Waals surface area contributed by atoms with E-state index >= 15 is 0 Å². The van der Waals surface area contributed by atoms with Crippen LogP contribution in [0, 0.1) is 16.3 Å². The van der Waals surface area contributed by atoms with Gasteiger partial charge in [-0.15, -0.1) is 0 Å². The number of aromatic nitrogens is 1. The van der Waals surface area contributed by atoms with E-state index in [0.717, 1.165) is 0 Å². The maximum Gasteiger partial charge on any atom is 0.298 e. The number of nitrogens with zero attached hydrogens (tertiary/aromatic N) is 1. The van der Waals surface area contributed by atoms with Crippen molar-refractivity contribution in [2.45, 2.75) is 25.4 Å². The first-order valence-corrected chi connectivity index (χ1v) is 14.5. The summed E-state index contributed by atoms with van der Waals surface area (Å²) in [6, 6.07) is 8.08. The van der Waals surface area contributed by atoms with Crippen LogP contribution in [-0.4, -0.2) is 38.0 Å². The number of carbonyl (C=O) groups is 1. The van der Waals surface area contributed by atoms with Gasteiger partial charge in [0.05, 0.1) is 22.0 Å². The van der Waals surface area contributed by atoms with Crippen LogP contribution in [0.4, 0.5) is 21.6 Å². The third kappa shape index (κ3) is 6.46. The van der Waals surface area contributed by atoms with Crippen LogP contribution in [0.5, 0.6) is 11.5 Å². The Kier molecular flexibility index (Phi) is 8.41. The fourth-order valence-corrected chi connectivity index (χ4v) is 4.91. The minimum atomic E-state index is -3.79. The van der Waals surface area contributed by atoms with Crippen LogP contribution in [0.1, 0.15) is 22.3 Å². The highest BCUT2D eigenvalue weighted by Gasteiger charge is 2.37. The van der Waals surface area contributed by atoms with Crippen LogP contribution in [-0.2, 0) is 17.3 Å². The van der Waals surface area contributed by atoms with E-state index in [1.54, 1.807) is 6.07 Å². The molecule has 2 atom stereocenters. The Morgan fingerprint density at radius 3 is 2.54 bits per heavy atom. The third-order valence-electron chi connectivity index (χ3n) is 6.00. The molecule has 39 heavy (non-hydrogen) atoms. The fourth-order valence-electron chi connectivity index (χ4n) is 3.70. The molecule has 1 aromatic heterocycles. The molecule has 1 aliphatic rings. The molecule has 0 radical (unpaired) electrons. The summed E-state index contributed by atoms with van der Waals surface area (Å²) < 4.78 is 50.7. The van der Waals surface area contributed by atoms with Crippen LogP contribution >= 0.6 is 34.2 Å².